The summed E-state index contributed by atoms with van der Waals surface area (Å²) in [7, 11) is 0.299. The van der Waals surface area contributed by atoms with Gasteiger partial charge in [-0.15, -0.1) is 0 Å². The Bertz CT molecular complexity index is 502. The van der Waals surface area contributed by atoms with Gasteiger partial charge in [-0.1, -0.05) is 13.8 Å². The van der Waals surface area contributed by atoms with Gasteiger partial charge in [0, 0.05) is 17.0 Å². The molecule has 0 N–H and O–H groups in total. The molecule has 0 spiro atoms. The average molecular weight is 323 g/mol. The predicted molar refractivity (Wildman–Crippen MR) is 92.3 cm³/mol. The van der Waals surface area contributed by atoms with Crippen molar-refractivity contribution >= 4 is 10.9 Å². The molecule has 2 aliphatic rings. The van der Waals surface area contributed by atoms with E-state index in [4.69, 9.17) is 4.74 Å². The molecular formula is C19H28FOS+. The monoisotopic (exact) mass is 323 g/mol. The van der Waals surface area contributed by atoms with Crippen LogP contribution in [0.4, 0.5) is 4.39 Å². The molecule has 1 aliphatic carbocycles. The van der Waals surface area contributed by atoms with E-state index in [1.807, 2.05) is 12.1 Å². The maximum atomic E-state index is 14.3. The lowest BCUT2D eigenvalue weighted by molar-refractivity contribution is 0.0249. The molecule has 0 amide bonds. The van der Waals surface area contributed by atoms with E-state index in [-0.39, 0.29) is 11.4 Å². The highest BCUT2D eigenvalue weighted by Crippen LogP contribution is 2.41. The van der Waals surface area contributed by atoms with E-state index in [2.05, 4.69) is 13.8 Å². The molecule has 1 saturated heterocycles. The zero-order chi connectivity index (χ0) is 15.6. The van der Waals surface area contributed by atoms with Crippen LogP contribution in [0.25, 0.3) is 0 Å². The van der Waals surface area contributed by atoms with Crippen LogP contribution in [0.1, 0.15) is 58.8 Å². The number of halogens is 1. The van der Waals surface area contributed by atoms with Gasteiger partial charge in [-0.3, -0.25) is 0 Å². The van der Waals surface area contributed by atoms with Crippen LogP contribution in [0.15, 0.2) is 23.1 Å². The van der Waals surface area contributed by atoms with Crippen molar-refractivity contribution in [2.45, 2.75) is 69.3 Å². The second kappa shape index (κ2) is 6.82. The predicted octanol–water partition coefficient (Wildman–Crippen LogP) is 5.33. The minimum atomic E-state index is -0.198. The van der Waals surface area contributed by atoms with Gasteiger partial charge in [-0.25, -0.2) is 4.39 Å². The summed E-state index contributed by atoms with van der Waals surface area (Å²) in [5.41, 5.74) is -0.158. The molecule has 122 valence electrons. The summed E-state index contributed by atoms with van der Waals surface area (Å²) in [5, 5.41) is 0. The van der Waals surface area contributed by atoms with E-state index in [9.17, 15) is 4.39 Å². The van der Waals surface area contributed by atoms with E-state index in [0.29, 0.717) is 22.6 Å². The fourth-order valence-corrected chi connectivity index (χ4v) is 6.11. The molecule has 0 unspecified atom stereocenters. The van der Waals surface area contributed by atoms with E-state index in [1.165, 1.54) is 48.5 Å². The van der Waals surface area contributed by atoms with Crippen LogP contribution in [-0.4, -0.2) is 17.1 Å². The molecule has 1 nitrogen and oxygen atoms in total. The fourth-order valence-electron chi connectivity index (χ4n) is 3.80. The molecule has 0 aromatic heterocycles. The number of hydrogen-bond donors (Lipinski definition) is 0. The molecule has 1 heterocycles. The number of hydrogen-bond acceptors (Lipinski definition) is 1. The standard InChI is InChI=1S/C19H28FOS/c1-15(2)19(10-4-5-11-19)21-18-14-16(8-9-17(18)20)22-12-6-3-7-13-22/h8-9,14-15H,3-7,10-13H2,1-2H3/q+1. The molecule has 1 aromatic carbocycles. The quantitative estimate of drug-likeness (QED) is 0.680. The second-order valence-electron chi connectivity index (χ2n) is 7.08. The van der Waals surface area contributed by atoms with Gasteiger partial charge in [0.15, 0.2) is 16.5 Å². The van der Waals surface area contributed by atoms with Crippen LogP contribution in [0.5, 0.6) is 5.75 Å². The molecule has 1 aromatic rings. The van der Waals surface area contributed by atoms with Crippen LogP contribution < -0.4 is 4.74 Å². The molecule has 3 rings (SSSR count). The number of benzene rings is 1. The normalized spacial score (nSPS) is 22.2. The highest BCUT2D eigenvalue weighted by atomic mass is 32.2. The van der Waals surface area contributed by atoms with Crippen molar-refractivity contribution in [3.8, 4) is 5.75 Å². The average Bonchev–Trinajstić information content (AvgIpc) is 3.00. The zero-order valence-electron chi connectivity index (χ0n) is 13.9. The Morgan fingerprint density at radius 2 is 1.73 bits per heavy atom. The van der Waals surface area contributed by atoms with Crippen molar-refractivity contribution in [3.63, 3.8) is 0 Å². The summed E-state index contributed by atoms with van der Waals surface area (Å²) in [6.45, 7) is 4.41. The molecule has 3 heteroatoms. The van der Waals surface area contributed by atoms with Crippen LogP contribution in [0, 0.1) is 11.7 Å². The first kappa shape index (κ1) is 16.2. The van der Waals surface area contributed by atoms with Gasteiger partial charge in [-0.2, -0.15) is 0 Å². The molecule has 1 saturated carbocycles. The van der Waals surface area contributed by atoms with Crippen molar-refractivity contribution in [3.05, 3.63) is 24.0 Å². The van der Waals surface area contributed by atoms with Crippen molar-refractivity contribution in [1.82, 2.24) is 0 Å². The van der Waals surface area contributed by atoms with Crippen molar-refractivity contribution in [1.29, 1.82) is 0 Å². The Labute approximate surface area is 137 Å². The van der Waals surface area contributed by atoms with Gasteiger partial charge >= 0.3 is 0 Å². The molecular weight excluding hydrogens is 295 g/mol. The summed E-state index contributed by atoms with van der Waals surface area (Å²) < 4.78 is 20.6. The van der Waals surface area contributed by atoms with Crippen molar-refractivity contribution < 1.29 is 9.13 Å². The smallest absolute Gasteiger partial charge is 0.165 e. The second-order valence-corrected chi connectivity index (χ2v) is 9.36. The lowest BCUT2D eigenvalue weighted by Crippen LogP contribution is -2.38. The highest BCUT2D eigenvalue weighted by molar-refractivity contribution is 7.96. The summed E-state index contributed by atoms with van der Waals surface area (Å²) in [4.78, 5) is 1.30. The Morgan fingerprint density at radius 1 is 1.05 bits per heavy atom. The van der Waals surface area contributed by atoms with E-state index in [0.717, 1.165) is 12.8 Å². The topological polar surface area (TPSA) is 9.23 Å². The first-order valence-corrected chi connectivity index (χ1v) is 10.3. The maximum absolute atomic E-state index is 14.3. The van der Waals surface area contributed by atoms with Crippen LogP contribution in [0.2, 0.25) is 0 Å². The summed E-state index contributed by atoms with van der Waals surface area (Å²) in [6, 6.07) is 5.61. The van der Waals surface area contributed by atoms with Crippen molar-refractivity contribution in [2.75, 3.05) is 11.5 Å². The van der Waals surface area contributed by atoms with Crippen molar-refractivity contribution in [2.24, 2.45) is 5.92 Å². The first-order valence-electron chi connectivity index (χ1n) is 8.77. The number of ether oxygens (including phenoxy) is 1. The van der Waals surface area contributed by atoms with E-state index in [1.54, 1.807) is 6.07 Å². The third-order valence-electron chi connectivity index (χ3n) is 5.33. The van der Waals surface area contributed by atoms with E-state index >= 15 is 0 Å². The minimum Gasteiger partial charge on any atom is -0.484 e. The molecule has 22 heavy (non-hydrogen) atoms. The molecule has 1 aliphatic heterocycles. The molecule has 0 radical (unpaired) electrons. The van der Waals surface area contributed by atoms with Gasteiger partial charge in [0.2, 0.25) is 0 Å². The lowest BCUT2D eigenvalue weighted by atomic mass is 9.88. The van der Waals surface area contributed by atoms with E-state index < -0.39 is 0 Å². The Hall–Kier alpha value is -0.700. The van der Waals surface area contributed by atoms with Gasteiger partial charge in [0.05, 0.1) is 0 Å². The number of rotatable bonds is 4. The first-order chi connectivity index (χ1) is 10.6. The summed E-state index contributed by atoms with van der Waals surface area (Å²) in [6.07, 6.45) is 8.48. The van der Waals surface area contributed by atoms with Gasteiger partial charge in [-0.05, 0) is 63.0 Å². The summed E-state index contributed by atoms with van der Waals surface area (Å²) >= 11 is 0. The van der Waals surface area contributed by atoms with Crippen LogP contribution in [-0.2, 0) is 10.9 Å². The van der Waals surface area contributed by atoms with Crippen LogP contribution in [0.3, 0.4) is 0 Å². The zero-order valence-corrected chi connectivity index (χ0v) is 14.7. The molecule has 0 bridgehead atoms. The third-order valence-corrected chi connectivity index (χ3v) is 7.82. The van der Waals surface area contributed by atoms with Gasteiger partial charge < -0.3 is 4.74 Å². The lowest BCUT2D eigenvalue weighted by Gasteiger charge is -2.34. The van der Waals surface area contributed by atoms with Gasteiger partial charge in [0.25, 0.3) is 0 Å². The molecule has 2 fully saturated rings. The third kappa shape index (κ3) is 3.29. The minimum absolute atomic E-state index is 0.158. The maximum Gasteiger partial charge on any atom is 0.165 e. The summed E-state index contributed by atoms with van der Waals surface area (Å²) in [5.74, 6) is 3.25. The molecule has 0 atom stereocenters. The largest absolute Gasteiger partial charge is 0.484 e. The Morgan fingerprint density at radius 3 is 2.36 bits per heavy atom. The SMILES string of the molecule is CC(C)C1(Oc2cc([S+]3CCCCC3)ccc2F)CCCC1. The fraction of sp³-hybridized carbons (Fsp3) is 0.684. The Kier molecular flexibility index (Phi) is 5.01. The highest BCUT2D eigenvalue weighted by Gasteiger charge is 2.40. The van der Waals surface area contributed by atoms with Crippen LogP contribution >= 0.6 is 0 Å². The Balaban J connectivity index is 1.83. The van der Waals surface area contributed by atoms with Gasteiger partial charge in [0.1, 0.15) is 17.1 Å².